The molecule has 6 heteroatoms. The minimum Gasteiger partial charge on any atom is -0.466 e. The van der Waals surface area contributed by atoms with Crippen LogP contribution in [0.4, 0.5) is 0 Å². The summed E-state index contributed by atoms with van der Waals surface area (Å²) in [6, 6.07) is -0.542. The van der Waals surface area contributed by atoms with Gasteiger partial charge in [-0.2, -0.15) is 0 Å². The predicted molar refractivity (Wildman–Crippen MR) is 389 cm³/mol. The molecule has 88 heavy (non-hydrogen) atoms. The fourth-order valence-electron chi connectivity index (χ4n) is 12.8. The average molecular weight is 1240 g/mol. The van der Waals surface area contributed by atoms with Gasteiger partial charge >= 0.3 is 5.97 Å². The van der Waals surface area contributed by atoms with E-state index in [9.17, 15) is 19.8 Å². The van der Waals surface area contributed by atoms with Gasteiger partial charge in [-0.3, -0.25) is 9.59 Å². The van der Waals surface area contributed by atoms with E-state index in [1.807, 2.05) is 0 Å². The first kappa shape index (κ1) is 86.1. The third-order valence-corrected chi connectivity index (χ3v) is 18.9. The molecular formula is C82H157NO5. The summed E-state index contributed by atoms with van der Waals surface area (Å²) in [6.45, 7) is 4.99. The Morgan fingerprint density at radius 2 is 0.568 bits per heavy atom. The Bertz CT molecular complexity index is 1430. The first-order valence-corrected chi connectivity index (χ1v) is 40.2. The Morgan fingerprint density at radius 1 is 0.318 bits per heavy atom. The van der Waals surface area contributed by atoms with Gasteiger partial charge in [0.25, 0.3) is 0 Å². The van der Waals surface area contributed by atoms with Crippen LogP contribution in [0.3, 0.4) is 0 Å². The lowest BCUT2D eigenvalue weighted by molar-refractivity contribution is -0.143. The van der Waals surface area contributed by atoms with Crippen LogP contribution in [0.1, 0.15) is 450 Å². The van der Waals surface area contributed by atoms with E-state index < -0.39 is 12.1 Å². The third-order valence-electron chi connectivity index (χ3n) is 18.9. The van der Waals surface area contributed by atoms with Crippen LogP contribution in [0.15, 0.2) is 36.5 Å². The lowest BCUT2D eigenvalue weighted by Crippen LogP contribution is -2.45. The molecule has 0 rings (SSSR count). The highest BCUT2D eigenvalue weighted by Gasteiger charge is 2.20. The third kappa shape index (κ3) is 73.1. The number of nitrogens with one attached hydrogen (secondary N) is 1. The summed E-state index contributed by atoms with van der Waals surface area (Å²) < 4.78 is 5.50. The Morgan fingerprint density at radius 3 is 0.875 bits per heavy atom. The number of hydrogen-bond acceptors (Lipinski definition) is 5. The van der Waals surface area contributed by atoms with Crippen molar-refractivity contribution in [1.29, 1.82) is 0 Å². The zero-order valence-corrected chi connectivity index (χ0v) is 59.7. The van der Waals surface area contributed by atoms with Crippen LogP contribution >= 0.6 is 0 Å². The highest BCUT2D eigenvalue weighted by Crippen LogP contribution is 2.20. The first-order valence-electron chi connectivity index (χ1n) is 40.2. The smallest absolute Gasteiger partial charge is 0.305 e. The molecule has 2 unspecified atom stereocenters. The van der Waals surface area contributed by atoms with Crippen molar-refractivity contribution >= 4 is 11.9 Å². The Labute approximate surface area is 551 Å². The fraction of sp³-hybridized carbons (Fsp3) is 0.902. The van der Waals surface area contributed by atoms with Crippen LogP contribution < -0.4 is 5.32 Å². The SMILES string of the molecule is CCCCCCCCC/C=C\CCCCCCCC(=O)OCCCCCCCCCCC/C=C\C/C=C\CCCCCCCCCCCCCCCCCCCC(=O)NC(CO)C(O)CCCCCCCCCCCCCCCCCCCCCCCC. The van der Waals surface area contributed by atoms with Gasteiger partial charge in [0.2, 0.25) is 5.91 Å². The lowest BCUT2D eigenvalue weighted by Gasteiger charge is -2.22. The summed E-state index contributed by atoms with van der Waals surface area (Å²) in [7, 11) is 0. The van der Waals surface area contributed by atoms with Crippen molar-refractivity contribution in [1.82, 2.24) is 5.32 Å². The van der Waals surface area contributed by atoms with E-state index >= 15 is 0 Å². The molecule has 0 radical (unpaired) electrons. The monoisotopic (exact) mass is 1240 g/mol. The molecule has 0 aliphatic carbocycles. The van der Waals surface area contributed by atoms with Crippen molar-refractivity contribution in [2.75, 3.05) is 13.2 Å². The second-order valence-corrected chi connectivity index (χ2v) is 27.7. The number of aliphatic hydroxyl groups excluding tert-OH is 2. The first-order chi connectivity index (χ1) is 43.5. The van der Waals surface area contributed by atoms with Crippen molar-refractivity contribution in [2.24, 2.45) is 0 Å². The van der Waals surface area contributed by atoms with Crippen molar-refractivity contribution < 1.29 is 24.5 Å². The topological polar surface area (TPSA) is 95.9 Å². The van der Waals surface area contributed by atoms with E-state index in [1.165, 1.54) is 366 Å². The van der Waals surface area contributed by atoms with Crippen LogP contribution in [0.5, 0.6) is 0 Å². The summed E-state index contributed by atoms with van der Waals surface area (Å²) in [4.78, 5) is 24.7. The van der Waals surface area contributed by atoms with Gasteiger partial charge in [0, 0.05) is 12.8 Å². The maximum atomic E-state index is 12.6. The zero-order valence-electron chi connectivity index (χ0n) is 59.7. The summed E-state index contributed by atoms with van der Waals surface area (Å²) in [5.41, 5.74) is 0. The van der Waals surface area contributed by atoms with E-state index in [-0.39, 0.29) is 18.5 Å². The van der Waals surface area contributed by atoms with Crippen LogP contribution in [0.2, 0.25) is 0 Å². The van der Waals surface area contributed by atoms with Crippen LogP contribution in [0, 0.1) is 0 Å². The van der Waals surface area contributed by atoms with Crippen LogP contribution in [-0.4, -0.2) is 47.4 Å². The minimum atomic E-state index is -0.665. The van der Waals surface area contributed by atoms with E-state index in [0.717, 1.165) is 51.4 Å². The molecule has 0 aliphatic rings. The molecular weight excluding hydrogens is 1080 g/mol. The highest BCUT2D eigenvalue weighted by molar-refractivity contribution is 5.76. The molecule has 0 aliphatic heterocycles. The highest BCUT2D eigenvalue weighted by atomic mass is 16.5. The molecule has 520 valence electrons. The van der Waals surface area contributed by atoms with Crippen LogP contribution in [-0.2, 0) is 14.3 Å². The molecule has 0 heterocycles. The van der Waals surface area contributed by atoms with Crippen molar-refractivity contribution in [2.45, 2.75) is 463 Å². The molecule has 0 bridgehead atoms. The number of unbranched alkanes of at least 4 members (excludes halogenated alkanes) is 59. The average Bonchev–Trinajstić information content (AvgIpc) is 3.58. The van der Waals surface area contributed by atoms with Gasteiger partial charge in [0.15, 0.2) is 0 Å². The fourth-order valence-corrected chi connectivity index (χ4v) is 12.8. The maximum Gasteiger partial charge on any atom is 0.305 e. The summed E-state index contributed by atoms with van der Waals surface area (Å²) in [5.74, 6) is -0.0204. The number of ether oxygens (including phenoxy) is 1. The Balaban J connectivity index is 3.38. The predicted octanol–water partition coefficient (Wildman–Crippen LogP) is 26.6. The normalized spacial score (nSPS) is 12.6. The number of rotatable bonds is 76. The number of allylic oxidation sites excluding steroid dienone is 6. The Hall–Kier alpha value is -1.92. The van der Waals surface area contributed by atoms with E-state index in [1.54, 1.807) is 0 Å². The number of carbonyl (C=O) groups is 2. The molecule has 6 nitrogen and oxygen atoms in total. The summed E-state index contributed by atoms with van der Waals surface area (Å²) in [6.07, 6.45) is 101. The number of hydrogen-bond donors (Lipinski definition) is 3. The number of amides is 1. The maximum absolute atomic E-state index is 12.6. The molecule has 1 amide bonds. The van der Waals surface area contributed by atoms with Gasteiger partial charge in [0.05, 0.1) is 25.4 Å². The van der Waals surface area contributed by atoms with Gasteiger partial charge in [0.1, 0.15) is 0 Å². The number of carbonyl (C=O) groups excluding carboxylic acids is 2. The van der Waals surface area contributed by atoms with E-state index in [4.69, 9.17) is 4.74 Å². The molecule has 2 atom stereocenters. The quantitative estimate of drug-likeness (QED) is 0.0320. The second kappa shape index (κ2) is 77.5. The second-order valence-electron chi connectivity index (χ2n) is 27.7. The van der Waals surface area contributed by atoms with E-state index in [0.29, 0.717) is 25.9 Å². The van der Waals surface area contributed by atoms with Gasteiger partial charge in [-0.15, -0.1) is 0 Å². The van der Waals surface area contributed by atoms with Crippen molar-refractivity contribution in [3.05, 3.63) is 36.5 Å². The summed E-state index contributed by atoms with van der Waals surface area (Å²) in [5, 5.41) is 23.5. The van der Waals surface area contributed by atoms with Crippen molar-refractivity contribution in [3.63, 3.8) is 0 Å². The Kier molecular flexibility index (Phi) is 75.8. The minimum absolute atomic E-state index is 0.00761. The zero-order chi connectivity index (χ0) is 63.5. The lowest BCUT2D eigenvalue weighted by atomic mass is 10.0. The standard InChI is InChI=1S/C82H157NO5/c1-3-5-7-9-11-13-15-17-19-21-22-23-37-40-43-46-50-54-58-62-66-70-74-80(85)79(78-84)83-81(86)75-71-67-63-59-55-51-47-44-41-38-35-33-31-29-27-25-24-26-28-30-32-34-36-39-42-45-49-53-57-61-65-69-73-77-88-82(87)76-72-68-64-60-56-52-48-20-18-16-14-12-10-8-6-4-2/h20,28,30,34,36,48,79-80,84-85H,3-19,21-27,29,31-33,35,37-47,49-78H2,1-2H3,(H,83,86)/b30-28-,36-34-,48-20-. The number of esters is 1. The van der Waals surface area contributed by atoms with Gasteiger partial charge in [-0.1, -0.05) is 391 Å². The van der Waals surface area contributed by atoms with Crippen molar-refractivity contribution in [3.8, 4) is 0 Å². The number of aliphatic hydroxyl groups is 2. The molecule has 0 saturated heterocycles. The summed E-state index contributed by atoms with van der Waals surface area (Å²) >= 11 is 0. The molecule has 0 fully saturated rings. The molecule has 3 N–H and O–H groups in total. The molecule has 0 saturated carbocycles. The van der Waals surface area contributed by atoms with Gasteiger partial charge < -0.3 is 20.3 Å². The van der Waals surface area contributed by atoms with E-state index in [2.05, 4.69) is 55.6 Å². The molecule has 0 spiro atoms. The molecule has 0 aromatic rings. The largest absolute Gasteiger partial charge is 0.466 e. The van der Waals surface area contributed by atoms with Gasteiger partial charge in [-0.25, -0.2) is 0 Å². The molecule has 0 aromatic carbocycles. The van der Waals surface area contributed by atoms with Gasteiger partial charge in [-0.05, 0) is 83.5 Å². The van der Waals surface area contributed by atoms with Crippen LogP contribution in [0.25, 0.3) is 0 Å². The molecule has 0 aromatic heterocycles.